The molecule has 0 fully saturated rings. The second kappa shape index (κ2) is 8.05. The molecule has 140 valence electrons. The topological polar surface area (TPSA) is 85.1 Å². The maximum absolute atomic E-state index is 13.9. The second-order valence-corrected chi connectivity index (χ2v) is 5.33. The van der Waals surface area contributed by atoms with Gasteiger partial charge in [-0.3, -0.25) is 10.1 Å². The summed E-state index contributed by atoms with van der Waals surface area (Å²) in [6, 6.07) is 10.3. The minimum atomic E-state index is -5.11. The monoisotopic (exact) mass is 371 g/mol. The molecule has 2 aromatic rings. The minimum absolute atomic E-state index is 0.0168. The van der Waals surface area contributed by atoms with Crippen molar-refractivity contribution in [3.8, 4) is 0 Å². The predicted octanol–water partition coefficient (Wildman–Crippen LogP) is 1.59. The summed E-state index contributed by atoms with van der Waals surface area (Å²) in [7, 11) is 0. The summed E-state index contributed by atoms with van der Waals surface area (Å²) in [5.41, 5.74) is -3.32. The molecule has 1 amide bonds. The summed E-state index contributed by atoms with van der Waals surface area (Å²) < 4.78 is 51.2. The van der Waals surface area contributed by atoms with Gasteiger partial charge in [-0.1, -0.05) is 18.2 Å². The van der Waals surface area contributed by atoms with Gasteiger partial charge in [0.2, 0.25) is 0 Å². The molecule has 1 aromatic heterocycles. The van der Waals surface area contributed by atoms with Crippen molar-refractivity contribution in [3.63, 3.8) is 0 Å². The molecule has 2 rings (SSSR count). The molecule has 0 aliphatic carbocycles. The molecule has 0 spiro atoms. The number of benzene rings is 1. The lowest BCUT2D eigenvalue weighted by atomic mass is 10.1. The first kappa shape index (κ1) is 19.5. The van der Waals surface area contributed by atoms with Gasteiger partial charge in [-0.05, 0) is 31.2 Å². The zero-order valence-corrected chi connectivity index (χ0v) is 13.9. The van der Waals surface area contributed by atoms with Crippen LogP contribution in [0.25, 0.3) is 0 Å². The van der Waals surface area contributed by atoms with E-state index in [2.05, 4.69) is 4.74 Å². The number of carbonyl (C=O) groups is 2. The van der Waals surface area contributed by atoms with Crippen LogP contribution in [-0.4, -0.2) is 30.3 Å². The number of furan rings is 1. The molecule has 0 bridgehead atoms. The van der Waals surface area contributed by atoms with Crippen LogP contribution in [0.4, 0.5) is 13.2 Å². The van der Waals surface area contributed by atoms with E-state index in [0.717, 1.165) is 0 Å². The van der Waals surface area contributed by atoms with Gasteiger partial charge in [-0.2, -0.15) is 13.2 Å². The van der Waals surface area contributed by atoms with Gasteiger partial charge < -0.3 is 14.5 Å². The molecular formula is C17H18F3N2O4+. The number of quaternary nitrogens is 1. The summed E-state index contributed by atoms with van der Waals surface area (Å²) >= 11 is 0. The molecule has 1 heterocycles. The van der Waals surface area contributed by atoms with Gasteiger partial charge in [0, 0.05) is 5.56 Å². The van der Waals surface area contributed by atoms with Crippen molar-refractivity contribution in [3.05, 3.63) is 60.1 Å². The van der Waals surface area contributed by atoms with Gasteiger partial charge in [0.15, 0.2) is 5.76 Å². The van der Waals surface area contributed by atoms with Crippen LogP contribution in [0.3, 0.4) is 0 Å². The number of rotatable bonds is 7. The van der Waals surface area contributed by atoms with Crippen molar-refractivity contribution < 1.29 is 37.2 Å². The van der Waals surface area contributed by atoms with E-state index in [1.807, 2.05) is 0 Å². The number of hydrogen-bond donors (Lipinski definition) is 2. The van der Waals surface area contributed by atoms with Gasteiger partial charge >= 0.3 is 17.8 Å². The maximum Gasteiger partial charge on any atom is 0.478 e. The number of hydrogen-bond acceptors (Lipinski definition) is 4. The maximum atomic E-state index is 13.9. The molecule has 0 unspecified atom stereocenters. The Morgan fingerprint density at radius 3 is 2.38 bits per heavy atom. The normalized spacial score (nSPS) is 13.7. The first-order valence-electron chi connectivity index (χ1n) is 7.78. The number of nitrogens with one attached hydrogen (secondary N) is 1. The van der Waals surface area contributed by atoms with Gasteiger partial charge in [-0.15, -0.1) is 0 Å². The van der Waals surface area contributed by atoms with E-state index in [-0.39, 0.29) is 24.5 Å². The van der Waals surface area contributed by atoms with Crippen LogP contribution in [0.5, 0.6) is 0 Å². The van der Waals surface area contributed by atoms with E-state index in [1.165, 1.54) is 49.6 Å². The van der Waals surface area contributed by atoms with Crippen molar-refractivity contribution >= 4 is 11.9 Å². The Morgan fingerprint density at radius 2 is 1.85 bits per heavy atom. The average Bonchev–Trinajstić information content (AvgIpc) is 3.11. The highest BCUT2D eigenvalue weighted by Gasteiger charge is 2.67. The fourth-order valence-corrected chi connectivity index (χ4v) is 2.26. The van der Waals surface area contributed by atoms with Gasteiger partial charge in [0.25, 0.3) is 5.91 Å². The number of alkyl halides is 3. The van der Waals surface area contributed by atoms with Gasteiger partial charge in [0.1, 0.15) is 6.54 Å². The summed E-state index contributed by atoms with van der Waals surface area (Å²) in [6.45, 7) is 0.775. The molecule has 0 radical (unpaired) electrons. The fourth-order valence-electron chi connectivity index (χ4n) is 2.26. The Balaban J connectivity index is 2.36. The molecular weight excluding hydrogens is 353 g/mol. The SMILES string of the molecule is CCOC(=O)[C@](NC(=O)c1ccccc1)([NH2+]Cc1ccco1)C(F)(F)F. The lowest BCUT2D eigenvalue weighted by Gasteiger charge is -2.31. The van der Waals surface area contributed by atoms with E-state index in [0.29, 0.717) is 5.32 Å². The van der Waals surface area contributed by atoms with Gasteiger partial charge in [0.05, 0.1) is 12.9 Å². The van der Waals surface area contributed by atoms with Crippen molar-refractivity contribution in [1.29, 1.82) is 0 Å². The zero-order chi connectivity index (χ0) is 19.2. The Bertz CT molecular complexity index is 732. The molecule has 0 aliphatic heterocycles. The molecule has 1 atom stereocenters. The number of carbonyl (C=O) groups excluding carboxylic acids is 2. The summed E-state index contributed by atoms with van der Waals surface area (Å²) in [5, 5.41) is 2.44. The minimum Gasteiger partial charge on any atom is -0.463 e. The highest BCUT2D eigenvalue weighted by molar-refractivity contribution is 5.97. The molecule has 0 saturated heterocycles. The molecule has 6 nitrogen and oxygen atoms in total. The Labute approximate surface area is 147 Å². The molecule has 3 N–H and O–H groups in total. The zero-order valence-electron chi connectivity index (χ0n) is 13.9. The lowest BCUT2D eigenvalue weighted by Crippen LogP contribution is -3.06. The quantitative estimate of drug-likeness (QED) is 0.572. The van der Waals surface area contributed by atoms with E-state index in [9.17, 15) is 22.8 Å². The summed E-state index contributed by atoms with van der Waals surface area (Å²) in [4.78, 5) is 24.5. The third-order valence-corrected chi connectivity index (χ3v) is 3.58. The second-order valence-electron chi connectivity index (χ2n) is 5.33. The van der Waals surface area contributed by atoms with E-state index in [1.54, 1.807) is 11.4 Å². The third kappa shape index (κ3) is 4.23. The van der Waals surface area contributed by atoms with Crippen LogP contribution in [0, 0.1) is 0 Å². The molecule has 0 saturated carbocycles. The fraction of sp³-hybridized carbons (Fsp3) is 0.294. The number of amides is 1. The Morgan fingerprint density at radius 1 is 1.15 bits per heavy atom. The van der Waals surface area contributed by atoms with E-state index >= 15 is 0 Å². The average molecular weight is 371 g/mol. The predicted molar refractivity (Wildman–Crippen MR) is 83.7 cm³/mol. The number of nitrogens with two attached hydrogens (primary N) is 1. The molecule has 0 aliphatic rings. The summed E-state index contributed by atoms with van der Waals surface area (Å²) in [6.07, 6.45) is -3.82. The van der Waals surface area contributed by atoms with Crippen LogP contribution < -0.4 is 10.6 Å². The lowest BCUT2D eigenvalue weighted by molar-refractivity contribution is -0.758. The first-order chi connectivity index (χ1) is 12.3. The van der Waals surface area contributed by atoms with Crippen LogP contribution >= 0.6 is 0 Å². The third-order valence-electron chi connectivity index (χ3n) is 3.58. The first-order valence-corrected chi connectivity index (χ1v) is 7.78. The van der Waals surface area contributed by atoms with Crippen molar-refractivity contribution in [2.45, 2.75) is 25.3 Å². The highest BCUT2D eigenvalue weighted by Crippen LogP contribution is 2.27. The standard InChI is InChI=1S/C17H17F3N2O4/c1-2-25-15(24)16(17(18,19)20,21-11-13-9-6-10-26-13)22-14(23)12-7-4-3-5-8-12/h3-10,21H,2,11H2,1H3,(H,22,23)/p+1/t16-/m1/s1. The Kier molecular flexibility index (Phi) is 6.04. The van der Waals surface area contributed by atoms with Crippen molar-refractivity contribution in [2.24, 2.45) is 0 Å². The Hall–Kier alpha value is -2.81. The van der Waals surface area contributed by atoms with Crippen molar-refractivity contribution in [2.75, 3.05) is 6.61 Å². The van der Waals surface area contributed by atoms with E-state index in [4.69, 9.17) is 4.42 Å². The van der Waals surface area contributed by atoms with Crippen LogP contribution in [0.2, 0.25) is 0 Å². The van der Waals surface area contributed by atoms with Gasteiger partial charge in [-0.25, -0.2) is 4.79 Å². The van der Waals surface area contributed by atoms with E-state index < -0.39 is 23.7 Å². The van der Waals surface area contributed by atoms with Crippen LogP contribution in [0.15, 0.2) is 53.1 Å². The summed E-state index contributed by atoms with van der Waals surface area (Å²) in [5.74, 6) is -2.45. The molecule has 1 aromatic carbocycles. The number of ether oxygens (including phenoxy) is 1. The smallest absolute Gasteiger partial charge is 0.463 e. The van der Waals surface area contributed by atoms with Crippen LogP contribution in [0.1, 0.15) is 23.0 Å². The number of halogens is 3. The number of esters is 1. The van der Waals surface area contributed by atoms with Crippen molar-refractivity contribution in [1.82, 2.24) is 5.32 Å². The largest absolute Gasteiger partial charge is 0.478 e. The molecule has 26 heavy (non-hydrogen) atoms. The molecule has 9 heteroatoms. The van der Waals surface area contributed by atoms with Crippen LogP contribution in [-0.2, 0) is 16.1 Å². The highest BCUT2D eigenvalue weighted by atomic mass is 19.4.